The van der Waals surface area contributed by atoms with Gasteiger partial charge in [-0.15, -0.1) is 0 Å². The van der Waals surface area contributed by atoms with Gasteiger partial charge in [-0.2, -0.15) is 5.10 Å². The van der Waals surface area contributed by atoms with Crippen molar-refractivity contribution >= 4 is 5.91 Å². The molecular weight excluding hydrogens is 312 g/mol. The van der Waals surface area contributed by atoms with Gasteiger partial charge in [-0.25, -0.2) is 0 Å². The summed E-state index contributed by atoms with van der Waals surface area (Å²) < 4.78 is 1.80. The number of nitrogens with zero attached hydrogens (tertiary/aromatic N) is 4. The van der Waals surface area contributed by atoms with Crippen LogP contribution < -0.4 is 0 Å². The van der Waals surface area contributed by atoms with Crippen LogP contribution in [-0.4, -0.2) is 51.2 Å². The fraction of sp³-hybridized carbons (Fsp3) is 0.500. The molecule has 0 unspecified atom stereocenters. The van der Waals surface area contributed by atoms with E-state index in [0.717, 1.165) is 31.9 Å². The van der Waals surface area contributed by atoms with Gasteiger partial charge in [0, 0.05) is 44.1 Å². The smallest absolute Gasteiger partial charge is 0.244 e. The second-order valence-corrected chi connectivity index (χ2v) is 7.44. The molecule has 5 heteroatoms. The summed E-state index contributed by atoms with van der Waals surface area (Å²) in [4.78, 5) is 17.5. The summed E-state index contributed by atoms with van der Waals surface area (Å²) in [6.07, 6.45) is 4.19. The second kappa shape index (κ2) is 7.00. The minimum absolute atomic E-state index is 0.199. The molecule has 1 aromatic heterocycles. The summed E-state index contributed by atoms with van der Waals surface area (Å²) in [5.41, 5.74) is 2.40. The number of fused-ring (bicyclic) bond motifs is 4. The van der Waals surface area contributed by atoms with Gasteiger partial charge in [0.25, 0.3) is 0 Å². The highest BCUT2D eigenvalue weighted by Crippen LogP contribution is 2.29. The summed E-state index contributed by atoms with van der Waals surface area (Å²) in [5, 5.41) is 4.26. The van der Waals surface area contributed by atoms with Crippen LogP contribution in [0.4, 0.5) is 0 Å². The highest BCUT2D eigenvalue weighted by Gasteiger charge is 2.36. The van der Waals surface area contributed by atoms with E-state index in [1.54, 1.807) is 10.9 Å². The zero-order chi connectivity index (χ0) is 17.2. The lowest BCUT2D eigenvalue weighted by Crippen LogP contribution is -2.44. The average Bonchev–Trinajstić information content (AvgIpc) is 2.83. The fourth-order valence-corrected chi connectivity index (χ4v) is 4.19. The van der Waals surface area contributed by atoms with Gasteiger partial charge in [-0.1, -0.05) is 30.3 Å². The number of benzene rings is 1. The summed E-state index contributed by atoms with van der Waals surface area (Å²) in [5.74, 6) is 0.787. The minimum Gasteiger partial charge on any atom is -0.339 e. The van der Waals surface area contributed by atoms with Crippen LogP contribution in [0.3, 0.4) is 0 Å². The topological polar surface area (TPSA) is 41.4 Å². The first-order valence-electron chi connectivity index (χ1n) is 9.23. The van der Waals surface area contributed by atoms with E-state index in [4.69, 9.17) is 0 Å². The Bertz CT molecular complexity index is 726. The van der Waals surface area contributed by atoms with Gasteiger partial charge in [0.2, 0.25) is 5.91 Å². The van der Waals surface area contributed by atoms with Gasteiger partial charge in [0.1, 0.15) is 6.54 Å². The molecule has 3 aliphatic heterocycles. The van der Waals surface area contributed by atoms with E-state index in [9.17, 15) is 4.79 Å². The number of aryl methyl sites for hydroxylation is 1. The molecule has 0 aliphatic carbocycles. The molecule has 5 rings (SSSR count). The Hall–Kier alpha value is -2.14. The fourth-order valence-electron chi connectivity index (χ4n) is 4.19. The number of hydrogen-bond donors (Lipinski definition) is 0. The first-order chi connectivity index (χ1) is 12.2. The first-order valence-corrected chi connectivity index (χ1v) is 9.23. The maximum absolute atomic E-state index is 12.8. The molecule has 2 aromatic rings. The van der Waals surface area contributed by atoms with Crippen molar-refractivity contribution < 1.29 is 4.79 Å². The molecule has 2 atom stereocenters. The zero-order valence-electron chi connectivity index (χ0n) is 14.8. The Morgan fingerprint density at radius 3 is 2.72 bits per heavy atom. The Kier molecular flexibility index (Phi) is 4.57. The molecule has 0 N–H and O–H groups in total. The van der Waals surface area contributed by atoms with E-state index in [-0.39, 0.29) is 5.91 Å². The van der Waals surface area contributed by atoms with Crippen LogP contribution in [0.1, 0.15) is 24.1 Å². The van der Waals surface area contributed by atoms with Gasteiger partial charge < -0.3 is 4.90 Å². The Morgan fingerprint density at radius 2 is 1.96 bits per heavy atom. The molecule has 5 nitrogen and oxygen atoms in total. The normalized spacial score (nSPS) is 23.6. The maximum atomic E-state index is 12.8. The number of rotatable bonds is 4. The predicted octanol–water partition coefficient (Wildman–Crippen LogP) is 2.31. The number of carbonyl (C=O) groups is 1. The van der Waals surface area contributed by atoms with Crippen molar-refractivity contribution in [3.63, 3.8) is 0 Å². The van der Waals surface area contributed by atoms with Gasteiger partial charge >= 0.3 is 0 Å². The van der Waals surface area contributed by atoms with Gasteiger partial charge in [0.05, 0.1) is 0 Å². The highest BCUT2D eigenvalue weighted by molar-refractivity contribution is 5.76. The lowest BCUT2D eigenvalue weighted by molar-refractivity contribution is -0.132. The first kappa shape index (κ1) is 16.3. The maximum Gasteiger partial charge on any atom is 0.244 e. The number of piperidine rings is 1. The van der Waals surface area contributed by atoms with Crippen LogP contribution >= 0.6 is 0 Å². The molecule has 0 saturated carbocycles. The van der Waals surface area contributed by atoms with E-state index >= 15 is 0 Å². The van der Waals surface area contributed by atoms with Crippen molar-refractivity contribution in [2.45, 2.75) is 38.9 Å². The molecular formula is C20H26N4O. The number of hydrogen-bond acceptors (Lipinski definition) is 3. The summed E-state index contributed by atoms with van der Waals surface area (Å²) in [6.45, 7) is 6.18. The molecule has 0 radical (unpaired) electrons. The third-order valence-electron chi connectivity index (χ3n) is 5.62. The molecule has 4 heterocycles. The standard InChI is InChI=1S/C20H26N4O/c1-16-9-10-21-24(16)15-20(25)23-13-18-7-8-19(14-23)22(12-18)11-17-5-3-2-4-6-17/h2-6,9-10,18-19H,7-8,11-15H2,1H3/t18-,19-/m0/s1. The van der Waals surface area contributed by atoms with Crippen LogP contribution in [0.2, 0.25) is 0 Å². The van der Waals surface area contributed by atoms with Crippen LogP contribution in [0.15, 0.2) is 42.6 Å². The van der Waals surface area contributed by atoms with E-state index in [1.165, 1.54) is 18.4 Å². The van der Waals surface area contributed by atoms with Crippen molar-refractivity contribution in [1.82, 2.24) is 19.6 Å². The van der Waals surface area contributed by atoms with Gasteiger partial charge in [0.15, 0.2) is 0 Å². The summed E-state index contributed by atoms with van der Waals surface area (Å²) >= 11 is 0. The highest BCUT2D eigenvalue weighted by atomic mass is 16.2. The quantitative estimate of drug-likeness (QED) is 0.859. The zero-order valence-corrected chi connectivity index (χ0v) is 14.8. The summed E-state index contributed by atoms with van der Waals surface area (Å²) in [6, 6.07) is 13.1. The third-order valence-corrected chi connectivity index (χ3v) is 5.62. The van der Waals surface area contributed by atoms with Crippen molar-refractivity contribution in [2.75, 3.05) is 19.6 Å². The van der Waals surface area contributed by atoms with Crippen LogP contribution in [0.5, 0.6) is 0 Å². The molecule has 0 spiro atoms. The Balaban J connectivity index is 1.44. The third kappa shape index (κ3) is 3.61. The molecule has 3 aliphatic rings. The molecule has 3 saturated heterocycles. The SMILES string of the molecule is Cc1ccnn1CC(=O)N1C[C@H]2CC[C@@H](C1)N(Cc1ccccc1)C2. The van der Waals surface area contributed by atoms with E-state index in [2.05, 4.69) is 45.2 Å². The number of amides is 1. The van der Waals surface area contributed by atoms with E-state index < -0.39 is 0 Å². The average molecular weight is 338 g/mol. The van der Waals surface area contributed by atoms with E-state index in [1.807, 2.05) is 13.0 Å². The minimum atomic E-state index is 0.199. The van der Waals surface area contributed by atoms with Gasteiger partial charge in [-0.05, 0) is 37.3 Å². The van der Waals surface area contributed by atoms with Gasteiger partial charge in [-0.3, -0.25) is 14.4 Å². The van der Waals surface area contributed by atoms with E-state index in [0.29, 0.717) is 18.5 Å². The lowest BCUT2D eigenvalue weighted by Gasteiger charge is -2.36. The molecule has 1 aromatic carbocycles. The number of aromatic nitrogens is 2. The molecule has 132 valence electrons. The Labute approximate surface area is 149 Å². The molecule has 1 amide bonds. The lowest BCUT2D eigenvalue weighted by atomic mass is 9.94. The summed E-state index contributed by atoms with van der Waals surface area (Å²) in [7, 11) is 0. The monoisotopic (exact) mass is 338 g/mol. The molecule has 3 fully saturated rings. The van der Waals surface area contributed by atoms with Crippen molar-refractivity contribution in [3.05, 3.63) is 53.9 Å². The number of carbonyl (C=O) groups excluding carboxylic acids is 1. The van der Waals surface area contributed by atoms with Crippen LogP contribution in [0, 0.1) is 12.8 Å². The molecule has 2 bridgehead atoms. The Morgan fingerprint density at radius 1 is 1.12 bits per heavy atom. The second-order valence-electron chi connectivity index (χ2n) is 7.44. The van der Waals surface area contributed by atoms with Crippen molar-refractivity contribution in [1.29, 1.82) is 0 Å². The van der Waals surface area contributed by atoms with Crippen molar-refractivity contribution in [2.24, 2.45) is 5.92 Å². The van der Waals surface area contributed by atoms with Crippen LogP contribution in [0.25, 0.3) is 0 Å². The predicted molar refractivity (Wildman–Crippen MR) is 96.9 cm³/mol. The van der Waals surface area contributed by atoms with Crippen LogP contribution in [-0.2, 0) is 17.9 Å². The largest absolute Gasteiger partial charge is 0.339 e. The van der Waals surface area contributed by atoms with Crippen molar-refractivity contribution in [3.8, 4) is 0 Å². The molecule has 25 heavy (non-hydrogen) atoms.